The first-order chi connectivity index (χ1) is 13.4. The minimum atomic E-state index is -1.56. The molecule has 142 valence electrons. The van der Waals surface area contributed by atoms with Crippen molar-refractivity contribution in [2.45, 2.75) is 5.54 Å². The Balaban J connectivity index is 1.88. The van der Waals surface area contributed by atoms with Gasteiger partial charge in [-0.05, 0) is 42.0 Å². The Morgan fingerprint density at radius 2 is 1.64 bits per heavy atom. The molecule has 2 amide bonds. The number of hydrogen-bond donors (Lipinski definition) is 1. The molecule has 2 aliphatic rings. The summed E-state index contributed by atoms with van der Waals surface area (Å²) in [5.41, 5.74) is 1.80. The van der Waals surface area contributed by atoms with Gasteiger partial charge in [0.15, 0.2) is 11.3 Å². The molecule has 2 aromatic carbocycles. The number of halogens is 2. The first-order valence-electron chi connectivity index (χ1n) is 8.23. The summed E-state index contributed by atoms with van der Waals surface area (Å²) >= 11 is 11.9. The van der Waals surface area contributed by atoms with Crippen LogP contribution in [-0.4, -0.2) is 30.6 Å². The summed E-state index contributed by atoms with van der Waals surface area (Å²) in [5.74, 6) is -3.11. The average molecular weight is 418 g/mol. The van der Waals surface area contributed by atoms with Gasteiger partial charge in [0.25, 0.3) is 5.91 Å². The molecule has 0 aromatic heterocycles. The molecule has 2 aromatic rings. The van der Waals surface area contributed by atoms with E-state index in [-0.39, 0.29) is 5.71 Å². The summed E-state index contributed by atoms with van der Waals surface area (Å²) < 4.78 is 4.75. The number of anilines is 1. The molecule has 2 heterocycles. The van der Waals surface area contributed by atoms with Crippen LogP contribution >= 0.6 is 23.2 Å². The van der Waals surface area contributed by atoms with Crippen molar-refractivity contribution in [2.75, 3.05) is 12.0 Å². The van der Waals surface area contributed by atoms with E-state index >= 15 is 0 Å². The lowest BCUT2D eigenvalue weighted by atomic mass is 9.79. The molecule has 0 bridgehead atoms. The SMILES string of the molecule is COC(=O)C1=NN[C@]2(c3ccc(Cl)cc3)C(=O)N(c3ccc(Cl)cc3)C(=O)[C@H]12. The molecule has 4 rings (SSSR count). The Kier molecular flexibility index (Phi) is 4.36. The van der Waals surface area contributed by atoms with E-state index in [2.05, 4.69) is 10.5 Å². The fourth-order valence-electron chi connectivity index (χ4n) is 3.53. The van der Waals surface area contributed by atoms with Gasteiger partial charge in [0.05, 0.1) is 12.8 Å². The van der Waals surface area contributed by atoms with E-state index in [4.69, 9.17) is 27.9 Å². The van der Waals surface area contributed by atoms with Gasteiger partial charge in [0.1, 0.15) is 5.92 Å². The second kappa shape index (κ2) is 6.61. The van der Waals surface area contributed by atoms with Crippen molar-refractivity contribution in [1.29, 1.82) is 0 Å². The maximum absolute atomic E-state index is 13.5. The molecule has 0 spiro atoms. The van der Waals surface area contributed by atoms with Crippen LogP contribution in [0.15, 0.2) is 53.6 Å². The molecule has 0 radical (unpaired) electrons. The Bertz CT molecular complexity index is 1020. The van der Waals surface area contributed by atoms with Crippen LogP contribution in [0, 0.1) is 5.92 Å². The zero-order chi connectivity index (χ0) is 20.1. The van der Waals surface area contributed by atoms with Gasteiger partial charge in [0, 0.05) is 10.0 Å². The molecule has 2 atom stereocenters. The van der Waals surface area contributed by atoms with Crippen LogP contribution in [-0.2, 0) is 24.7 Å². The van der Waals surface area contributed by atoms with Crippen LogP contribution in [0.5, 0.6) is 0 Å². The van der Waals surface area contributed by atoms with Crippen molar-refractivity contribution in [3.05, 3.63) is 64.1 Å². The number of carbonyl (C=O) groups is 3. The van der Waals surface area contributed by atoms with Gasteiger partial charge in [-0.2, -0.15) is 5.10 Å². The molecular formula is C19H13Cl2N3O4. The van der Waals surface area contributed by atoms with E-state index < -0.39 is 29.2 Å². The van der Waals surface area contributed by atoms with E-state index in [0.717, 1.165) is 4.90 Å². The molecular weight excluding hydrogens is 405 g/mol. The highest BCUT2D eigenvalue weighted by Crippen LogP contribution is 2.45. The van der Waals surface area contributed by atoms with Crippen molar-refractivity contribution < 1.29 is 19.1 Å². The highest BCUT2D eigenvalue weighted by Gasteiger charge is 2.67. The number of rotatable bonds is 3. The lowest BCUT2D eigenvalue weighted by Crippen LogP contribution is -2.48. The predicted molar refractivity (Wildman–Crippen MR) is 103 cm³/mol. The molecule has 1 N–H and O–H groups in total. The van der Waals surface area contributed by atoms with Gasteiger partial charge in [-0.25, -0.2) is 9.69 Å². The third kappa shape index (κ3) is 2.51. The average Bonchev–Trinajstić information content (AvgIpc) is 3.19. The van der Waals surface area contributed by atoms with Crippen molar-refractivity contribution in [1.82, 2.24) is 5.43 Å². The number of hydrazone groups is 1. The van der Waals surface area contributed by atoms with Gasteiger partial charge in [-0.3, -0.25) is 15.0 Å². The first kappa shape index (κ1) is 18.5. The van der Waals surface area contributed by atoms with Gasteiger partial charge in [-0.1, -0.05) is 35.3 Å². The van der Waals surface area contributed by atoms with Crippen molar-refractivity contribution in [2.24, 2.45) is 11.0 Å². The molecule has 0 saturated carbocycles. The monoisotopic (exact) mass is 417 g/mol. The van der Waals surface area contributed by atoms with Crippen LogP contribution in [0.4, 0.5) is 5.69 Å². The summed E-state index contributed by atoms with van der Waals surface area (Å²) in [4.78, 5) is 40.0. The van der Waals surface area contributed by atoms with E-state index in [1.165, 1.54) is 7.11 Å². The topological polar surface area (TPSA) is 88.1 Å². The molecule has 7 nitrogen and oxygen atoms in total. The highest BCUT2D eigenvalue weighted by atomic mass is 35.5. The van der Waals surface area contributed by atoms with Crippen LogP contribution in [0.1, 0.15) is 5.56 Å². The van der Waals surface area contributed by atoms with E-state index in [0.29, 0.717) is 21.3 Å². The molecule has 2 aliphatic heterocycles. The standard InChI is InChI=1S/C19H13Cl2N3O4/c1-28-17(26)15-14-16(25)24(13-8-6-12(21)7-9-13)18(27)19(14,23-22-15)10-2-4-11(20)5-3-10/h2-9,14,23H,1H3/t14-,19-/m0/s1. The largest absolute Gasteiger partial charge is 0.464 e. The Morgan fingerprint density at radius 3 is 2.21 bits per heavy atom. The fraction of sp³-hybridized carbons (Fsp3) is 0.158. The van der Waals surface area contributed by atoms with Gasteiger partial charge in [0.2, 0.25) is 5.91 Å². The number of amides is 2. The van der Waals surface area contributed by atoms with E-state index in [1.807, 2.05) is 0 Å². The maximum atomic E-state index is 13.5. The number of methoxy groups -OCH3 is 1. The second-order valence-corrected chi connectivity index (χ2v) is 7.18. The number of esters is 1. The number of ether oxygens (including phenoxy) is 1. The number of fused-ring (bicyclic) bond motifs is 1. The highest BCUT2D eigenvalue weighted by molar-refractivity contribution is 6.47. The van der Waals surface area contributed by atoms with Crippen molar-refractivity contribution >= 4 is 52.4 Å². The molecule has 1 saturated heterocycles. The molecule has 1 fully saturated rings. The van der Waals surface area contributed by atoms with Gasteiger partial charge >= 0.3 is 5.97 Å². The number of hydrogen-bond acceptors (Lipinski definition) is 6. The summed E-state index contributed by atoms with van der Waals surface area (Å²) in [7, 11) is 1.19. The minimum absolute atomic E-state index is 0.160. The number of benzene rings is 2. The number of nitrogens with zero attached hydrogens (tertiary/aromatic N) is 2. The van der Waals surface area contributed by atoms with Crippen LogP contribution in [0.3, 0.4) is 0 Å². The van der Waals surface area contributed by atoms with E-state index in [9.17, 15) is 14.4 Å². The zero-order valence-electron chi connectivity index (χ0n) is 14.5. The van der Waals surface area contributed by atoms with Crippen LogP contribution in [0.25, 0.3) is 0 Å². The Hall–Kier alpha value is -2.90. The Labute approximate surface area is 169 Å². The van der Waals surface area contributed by atoms with Crippen molar-refractivity contribution in [3.63, 3.8) is 0 Å². The zero-order valence-corrected chi connectivity index (χ0v) is 16.0. The molecule has 0 unspecified atom stereocenters. The van der Waals surface area contributed by atoms with Gasteiger partial charge < -0.3 is 4.74 Å². The quantitative estimate of drug-likeness (QED) is 0.612. The number of carbonyl (C=O) groups excluding carboxylic acids is 3. The second-order valence-electron chi connectivity index (χ2n) is 6.30. The normalized spacial score (nSPS) is 23.3. The molecule has 9 heteroatoms. The first-order valence-corrected chi connectivity index (χ1v) is 8.99. The lowest BCUT2D eigenvalue weighted by molar-refractivity contribution is -0.133. The van der Waals surface area contributed by atoms with Gasteiger partial charge in [-0.15, -0.1) is 0 Å². The molecule has 0 aliphatic carbocycles. The summed E-state index contributed by atoms with van der Waals surface area (Å²) in [6.45, 7) is 0. The third-order valence-corrected chi connectivity index (χ3v) is 5.35. The smallest absolute Gasteiger partial charge is 0.355 e. The van der Waals surface area contributed by atoms with Crippen molar-refractivity contribution in [3.8, 4) is 0 Å². The number of nitrogens with one attached hydrogen (secondary N) is 1. The maximum Gasteiger partial charge on any atom is 0.355 e. The summed E-state index contributed by atoms with van der Waals surface area (Å²) in [5, 5.41) is 4.91. The molecule has 28 heavy (non-hydrogen) atoms. The predicted octanol–water partition coefficient (Wildman–Crippen LogP) is 2.51. The van der Waals surface area contributed by atoms with E-state index in [1.54, 1.807) is 48.5 Å². The van der Waals surface area contributed by atoms with Crippen LogP contribution in [0.2, 0.25) is 10.0 Å². The minimum Gasteiger partial charge on any atom is -0.464 e. The summed E-state index contributed by atoms with van der Waals surface area (Å²) in [6.07, 6.45) is 0. The Morgan fingerprint density at radius 1 is 1.07 bits per heavy atom. The fourth-order valence-corrected chi connectivity index (χ4v) is 3.78. The number of imide groups is 1. The third-order valence-electron chi connectivity index (χ3n) is 4.85. The lowest BCUT2D eigenvalue weighted by Gasteiger charge is -2.26. The summed E-state index contributed by atoms with van der Waals surface area (Å²) in [6, 6.07) is 12.7. The van der Waals surface area contributed by atoms with Crippen LogP contribution < -0.4 is 10.3 Å².